The highest BCUT2D eigenvalue weighted by molar-refractivity contribution is 6.43. The molecule has 4 heterocycles. The highest BCUT2D eigenvalue weighted by Gasteiger charge is 2.37. The van der Waals surface area contributed by atoms with Crippen molar-refractivity contribution < 1.29 is 4.79 Å². The summed E-state index contributed by atoms with van der Waals surface area (Å²) in [5.74, 6) is -0.160. The Morgan fingerprint density at radius 3 is 2.67 bits per heavy atom. The molecular formula is C20H21Cl2N7O. The van der Waals surface area contributed by atoms with E-state index in [0.717, 1.165) is 32.5 Å². The molecule has 5 rings (SSSR count). The van der Waals surface area contributed by atoms with E-state index in [4.69, 9.17) is 28.9 Å². The fraction of sp³-hybridized carbons (Fsp3) is 0.400. The molecule has 0 radical (unpaired) electrons. The third-order valence-corrected chi connectivity index (χ3v) is 7.00. The summed E-state index contributed by atoms with van der Waals surface area (Å²) < 4.78 is 0. The Labute approximate surface area is 183 Å². The molecule has 10 heteroatoms. The number of nitrogens with two attached hydrogens (primary N) is 1. The van der Waals surface area contributed by atoms with Crippen LogP contribution in [0.4, 0.5) is 5.95 Å². The van der Waals surface area contributed by atoms with Gasteiger partial charge in [0.05, 0.1) is 15.4 Å². The second-order valence-electron chi connectivity index (χ2n) is 7.93. The number of hydrogen-bond acceptors (Lipinski definition) is 6. The molecule has 2 aliphatic rings. The number of anilines is 1. The van der Waals surface area contributed by atoms with E-state index in [-0.39, 0.29) is 11.2 Å². The predicted molar refractivity (Wildman–Crippen MR) is 117 cm³/mol. The van der Waals surface area contributed by atoms with Crippen molar-refractivity contribution in [2.24, 2.45) is 5.73 Å². The first-order chi connectivity index (χ1) is 14.5. The zero-order chi connectivity index (χ0) is 20.9. The second-order valence-corrected chi connectivity index (χ2v) is 8.72. The summed E-state index contributed by atoms with van der Waals surface area (Å²) in [5.41, 5.74) is 7.52. The first kappa shape index (κ1) is 19.5. The van der Waals surface area contributed by atoms with E-state index in [1.807, 2.05) is 0 Å². The lowest BCUT2D eigenvalue weighted by molar-refractivity contribution is 0.0997. The van der Waals surface area contributed by atoms with E-state index in [1.54, 1.807) is 18.2 Å². The van der Waals surface area contributed by atoms with Crippen LogP contribution in [0.5, 0.6) is 0 Å². The summed E-state index contributed by atoms with van der Waals surface area (Å²) in [6, 6.07) is 5.24. The quantitative estimate of drug-likeness (QED) is 0.570. The molecule has 0 saturated carbocycles. The molecule has 1 spiro atoms. The maximum absolute atomic E-state index is 12.3. The second kappa shape index (κ2) is 7.37. The van der Waals surface area contributed by atoms with E-state index in [2.05, 4.69) is 30.4 Å². The van der Waals surface area contributed by atoms with Gasteiger partial charge >= 0.3 is 0 Å². The fourth-order valence-electron chi connectivity index (χ4n) is 4.55. The molecule has 0 atom stereocenters. The topological polar surface area (TPSA) is 113 Å². The summed E-state index contributed by atoms with van der Waals surface area (Å²) in [4.78, 5) is 23.6. The van der Waals surface area contributed by atoms with Gasteiger partial charge in [-0.15, -0.1) is 0 Å². The number of nitrogens with one attached hydrogen (secondary N) is 2. The van der Waals surface area contributed by atoms with Crippen LogP contribution in [0.15, 0.2) is 18.2 Å². The Balaban J connectivity index is 1.55. The van der Waals surface area contributed by atoms with Crippen molar-refractivity contribution in [2.75, 3.05) is 24.5 Å². The largest absolute Gasteiger partial charge is 0.364 e. The molecule has 0 bridgehead atoms. The Morgan fingerprint density at radius 1 is 1.17 bits per heavy atom. The van der Waals surface area contributed by atoms with Crippen molar-refractivity contribution in [2.45, 2.75) is 31.2 Å². The van der Waals surface area contributed by atoms with Crippen molar-refractivity contribution in [1.82, 2.24) is 25.5 Å². The number of H-pyrrole nitrogens is 1. The average Bonchev–Trinajstić information content (AvgIpc) is 3.37. The Morgan fingerprint density at radius 2 is 1.97 bits per heavy atom. The van der Waals surface area contributed by atoms with E-state index >= 15 is 0 Å². The van der Waals surface area contributed by atoms with Crippen LogP contribution in [0.2, 0.25) is 10.0 Å². The lowest BCUT2D eigenvalue weighted by Gasteiger charge is -2.39. The number of hydrogen-bond donors (Lipinski definition) is 3. The number of halogens is 2. The number of aromatic amines is 1. The number of amides is 1. The zero-order valence-corrected chi connectivity index (χ0v) is 17.7. The standard InChI is InChI=1S/C20H21Cl2N7O/c21-12-4-1-3-11(14(12)22)15-13-16(17(23)30)25-19(26-18(13)28-27-15)29-9-6-20(7-10-29)5-2-8-24-20/h1,3-4,24H,2,5-10H2,(H2,23,30)(H,25,26,27,28). The summed E-state index contributed by atoms with van der Waals surface area (Å²) in [7, 11) is 0. The smallest absolute Gasteiger partial charge is 0.268 e. The molecular weight excluding hydrogens is 425 g/mol. The number of benzene rings is 1. The monoisotopic (exact) mass is 445 g/mol. The number of carbonyl (C=O) groups excluding carboxylic acids is 1. The summed E-state index contributed by atoms with van der Waals surface area (Å²) in [6.07, 6.45) is 4.47. The molecule has 8 nitrogen and oxygen atoms in total. The van der Waals surface area contributed by atoms with E-state index in [0.29, 0.717) is 38.3 Å². The minimum atomic E-state index is -0.643. The van der Waals surface area contributed by atoms with Gasteiger partial charge in [0.15, 0.2) is 5.65 Å². The van der Waals surface area contributed by atoms with Crippen LogP contribution < -0.4 is 16.0 Å². The number of nitrogens with zero attached hydrogens (tertiary/aromatic N) is 4. The van der Waals surface area contributed by atoms with Gasteiger partial charge in [-0.1, -0.05) is 35.3 Å². The average molecular weight is 446 g/mol. The molecule has 2 saturated heterocycles. The van der Waals surface area contributed by atoms with Crippen LogP contribution in [0.25, 0.3) is 22.3 Å². The minimum absolute atomic E-state index is 0.120. The maximum atomic E-state index is 12.3. The zero-order valence-electron chi connectivity index (χ0n) is 16.2. The Bertz CT molecular complexity index is 1130. The molecule has 0 aliphatic carbocycles. The van der Waals surface area contributed by atoms with Gasteiger partial charge < -0.3 is 16.0 Å². The summed E-state index contributed by atoms with van der Waals surface area (Å²) >= 11 is 12.5. The number of primary amides is 1. The van der Waals surface area contributed by atoms with Crippen LogP contribution in [-0.2, 0) is 0 Å². The molecule has 1 amide bonds. The number of piperidine rings is 1. The lowest BCUT2D eigenvalue weighted by Crippen LogP contribution is -2.50. The molecule has 0 unspecified atom stereocenters. The summed E-state index contributed by atoms with van der Waals surface area (Å²) in [6.45, 7) is 2.72. The van der Waals surface area contributed by atoms with Gasteiger partial charge in [0.2, 0.25) is 5.95 Å². The van der Waals surface area contributed by atoms with Crippen molar-refractivity contribution in [3.05, 3.63) is 33.9 Å². The molecule has 4 N–H and O–H groups in total. The highest BCUT2D eigenvalue weighted by atomic mass is 35.5. The minimum Gasteiger partial charge on any atom is -0.364 e. The van der Waals surface area contributed by atoms with Crippen LogP contribution in [0, 0.1) is 0 Å². The van der Waals surface area contributed by atoms with Crippen molar-refractivity contribution in [3.63, 3.8) is 0 Å². The normalized spacial score (nSPS) is 18.4. The third-order valence-electron chi connectivity index (χ3n) is 6.18. The van der Waals surface area contributed by atoms with Gasteiger partial charge in [0.1, 0.15) is 11.4 Å². The maximum Gasteiger partial charge on any atom is 0.268 e. The van der Waals surface area contributed by atoms with E-state index in [1.165, 1.54) is 12.8 Å². The van der Waals surface area contributed by atoms with Gasteiger partial charge in [-0.25, -0.2) is 4.98 Å². The van der Waals surface area contributed by atoms with Gasteiger partial charge in [-0.2, -0.15) is 10.1 Å². The molecule has 2 fully saturated rings. The van der Waals surface area contributed by atoms with Crippen molar-refractivity contribution >= 4 is 46.1 Å². The van der Waals surface area contributed by atoms with Gasteiger partial charge in [0, 0.05) is 24.2 Å². The fourth-order valence-corrected chi connectivity index (χ4v) is 4.94. The molecule has 30 heavy (non-hydrogen) atoms. The summed E-state index contributed by atoms with van der Waals surface area (Å²) in [5, 5.41) is 12.1. The lowest BCUT2D eigenvalue weighted by atomic mass is 9.86. The van der Waals surface area contributed by atoms with Crippen LogP contribution in [0.3, 0.4) is 0 Å². The predicted octanol–water partition coefficient (Wildman–Crippen LogP) is 3.15. The highest BCUT2D eigenvalue weighted by Crippen LogP contribution is 2.37. The molecule has 3 aromatic rings. The molecule has 1 aromatic carbocycles. The third kappa shape index (κ3) is 3.19. The Hall–Kier alpha value is -2.42. The number of aromatic nitrogens is 4. The molecule has 2 aromatic heterocycles. The van der Waals surface area contributed by atoms with Gasteiger partial charge in [-0.05, 0) is 38.3 Å². The van der Waals surface area contributed by atoms with Crippen LogP contribution >= 0.6 is 23.2 Å². The van der Waals surface area contributed by atoms with E-state index < -0.39 is 5.91 Å². The van der Waals surface area contributed by atoms with Crippen molar-refractivity contribution in [3.8, 4) is 11.3 Å². The van der Waals surface area contributed by atoms with Crippen LogP contribution in [-0.4, -0.2) is 51.2 Å². The Kier molecular flexibility index (Phi) is 4.80. The van der Waals surface area contributed by atoms with Gasteiger partial charge in [-0.3, -0.25) is 9.89 Å². The first-order valence-electron chi connectivity index (χ1n) is 9.98. The first-order valence-corrected chi connectivity index (χ1v) is 10.7. The molecule has 156 valence electrons. The number of fused-ring (bicyclic) bond motifs is 1. The van der Waals surface area contributed by atoms with Gasteiger partial charge in [0.25, 0.3) is 5.91 Å². The van der Waals surface area contributed by atoms with Crippen molar-refractivity contribution in [1.29, 1.82) is 0 Å². The van der Waals surface area contributed by atoms with E-state index in [9.17, 15) is 4.79 Å². The molecule has 2 aliphatic heterocycles. The van der Waals surface area contributed by atoms with Crippen LogP contribution in [0.1, 0.15) is 36.2 Å². The number of rotatable bonds is 3. The SMILES string of the molecule is NC(=O)c1nc(N2CCC3(CCCN3)CC2)nc2[nH]nc(-c3cccc(Cl)c3Cl)c12. The number of carbonyl (C=O) groups is 1.